The van der Waals surface area contributed by atoms with E-state index in [1.165, 1.54) is 57.7 Å². The minimum absolute atomic E-state index is 0.0315. The third-order valence-corrected chi connectivity index (χ3v) is 5.81. The Labute approximate surface area is 221 Å². The predicted molar refractivity (Wildman–Crippen MR) is 137 cm³/mol. The minimum Gasteiger partial charge on any atom is -0.504 e. The highest BCUT2D eigenvalue weighted by Crippen LogP contribution is 2.44. The van der Waals surface area contributed by atoms with Crippen LogP contribution < -0.4 is 14.2 Å². The molecule has 0 aliphatic rings. The fourth-order valence-electron chi connectivity index (χ4n) is 4.08. The number of methoxy groups -OCH3 is 3. The lowest BCUT2D eigenvalue weighted by Gasteiger charge is -2.17. The van der Waals surface area contributed by atoms with Crippen molar-refractivity contribution in [2.75, 3.05) is 21.3 Å². The Balaban J connectivity index is 2.23. The number of carbonyl (C=O) groups is 3. The van der Waals surface area contributed by atoms with Crippen LogP contribution in [0.25, 0.3) is 34.2 Å². The van der Waals surface area contributed by atoms with Gasteiger partial charge in [-0.3, -0.25) is 14.4 Å². The summed E-state index contributed by atoms with van der Waals surface area (Å²) in [5.41, 5.74) is 0.00185. The van der Waals surface area contributed by atoms with Crippen LogP contribution in [0.2, 0.25) is 0 Å². The van der Waals surface area contributed by atoms with Crippen molar-refractivity contribution in [2.45, 2.75) is 0 Å². The van der Waals surface area contributed by atoms with Crippen molar-refractivity contribution in [1.29, 1.82) is 0 Å². The molecule has 0 fully saturated rings. The van der Waals surface area contributed by atoms with E-state index in [1.54, 1.807) is 0 Å². The molecule has 0 saturated heterocycles. The molecule has 4 aromatic rings. The summed E-state index contributed by atoms with van der Waals surface area (Å²) in [6.45, 7) is 0. The van der Waals surface area contributed by atoms with E-state index in [0.717, 1.165) is 0 Å². The zero-order valence-corrected chi connectivity index (χ0v) is 20.8. The second kappa shape index (κ2) is 10.8. The van der Waals surface area contributed by atoms with Crippen LogP contribution in [0.4, 0.5) is 0 Å². The molecule has 4 rings (SSSR count). The van der Waals surface area contributed by atoms with Gasteiger partial charge in [-0.05, 0) is 36.4 Å². The average Bonchev–Trinajstić information content (AvgIpc) is 2.96. The molecule has 0 aliphatic heterocycles. The van der Waals surface area contributed by atoms with E-state index in [4.69, 9.17) is 14.2 Å². The summed E-state index contributed by atoms with van der Waals surface area (Å²) >= 11 is 0. The number of nitrogens with zero attached hydrogens (tertiary/aromatic N) is 3. The van der Waals surface area contributed by atoms with E-state index < -0.39 is 0 Å². The van der Waals surface area contributed by atoms with E-state index in [9.17, 15) is 29.7 Å². The Hall–Kier alpha value is -5.52. The number of benzene rings is 3. The molecule has 1 heterocycles. The lowest BCUT2D eigenvalue weighted by Crippen LogP contribution is -2.07. The van der Waals surface area contributed by atoms with Crippen molar-refractivity contribution in [3.63, 3.8) is 0 Å². The monoisotopic (exact) mass is 531 g/mol. The first kappa shape index (κ1) is 26.5. The number of hydrogen-bond acceptors (Lipinski definition) is 12. The first-order chi connectivity index (χ1) is 18.8. The Kier molecular flexibility index (Phi) is 7.38. The first-order valence-electron chi connectivity index (χ1n) is 11.2. The fraction of sp³-hybridized carbons (Fsp3) is 0.111. The number of ether oxygens (including phenoxy) is 3. The maximum atomic E-state index is 12.0. The number of carbonyl (C=O) groups excluding carboxylic acids is 3. The molecule has 0 saturated carbocycles. The number of hydrogen-bond donors (Lipinski definition) is 3. The fourth-order valence-corrected chi connectivity index (χ4v) is 4.08. The van der Waals surface area contributed by atoms with Gasteiger partial charge in [-0.25, -0.2) is 15.0 Å². The topological polar surface area (TPSA) is 178 Å². The quantitative estimate of drug-likeness (QED) is 0.268. The molecular formula is C27H21N3O9. The van der Waals surface area contributed by atoms with Gasteiger partial charge in [-0.1, -0.05) is 0 Å². The Morgan fingerprint density at radius 2 is 0.769 bits per heavy atom. The Bertz CT molecular complexity index is 1420. The number of phenols is 3. The number of rotatable bonds is 9. The summed E-state index contributed by atoms with van der Waals surface area (Å²) in [6.07, 6.45) is 1.49. The van der Waals surface area contributed by atoms with Crippen LogP contribution >= 0.6 is 0 Å². The van der Waals surface area contributed by atoms with Crippen molar-refractivity contribution in [1.82, 2.24) is 15.0 Å². The smallest absolute Gasteiger partial charge is 0.172 e. The van der Waals surface area contributed by atoms with Gasteiger partial charge >= 0.3 is 0 Å². The van der Waals surface area contributed by atoms with Gasteiger partial charge in [0.05, 0.1) is 38.0 Å². The summed E-state index contributed by atoms with van der Waals surface area (Å²) in [5.74, 6) is -2.03. The van der Waals surface area contributed by atoms with E-state index in [0.29, 0.717) is 18.9 Å². The molecule has 0 unspecified atom stereocenters. The van der Waals surface area contributed by atoms with Gasteiger partial charge in [-0.15, -0.1) is 0 Å². The second-order valence-electron chi connectivity index (χ2n) is 7.91. The van der Waals surface area contributed by atoms with Crippen molar-refractivity contribution >= 4 is 18.9 Å². The van der Waals surface area contributed by atoms with Gasteiger partial charge in [0.15, 0.2) is 70.8 Å². The Morgan fingerprint density at radius 3 is 0.974 bits per heavy atom. The number of phenolic OH excluding ortho intramolecular Hbond substituents is 3. The number of aldehydes is 3. The first-order valence-corrected chi connectivity index (χ1v) is 11.2. The summed E-state index contributed by atoms with van der Waals surface area (Å²) in [5, 5.41) is 31.3. The molecule has 39 heavy (non-hydrogen) atoms. The molecule has 0 aliphatic carbocycles. The molecule has 1 aromatic heterocycles. The number of aromatic nitrogens is 3. The minimum atomic E-state index is -0.325. The molecule has 0 bridgehead atoms. The van der Waals surface area contributed by atoms with Crippen LogP contribution in [0, 0.1) is 0 Å². The Morgan fingerprint density at radius 1 is 0.513 bits per heavy atom. The summed E-state index contributed by atoms with van der Waals surface area (Å²) in [6, 6.07) is 7.71. The third-order valence-electron chi connectivity index (χ3n) is 5.81. The van der Waals surface area contributed by atoms with Crippen molar-refractivity contribution in [3.8, 4) is 68.7 Å². The van der Waals surface area contributed by atoms with Gasteiger partial charge < -0.3 is 29.5 Å². The molecule has 0 atom stereocenters. The van der Waals surface area contributed by atoms with E-state index in [2.05, 4.69) is 15.0 Å². The van der Waals surface area contributed by atoms with Crippen molar-refractivity contribution < 1.29 is 43.9 Å². The van der Waals surface area contributed by atoms with Crippen LogP contribution in [0.3, 0.4) is 0 Å². The molecule has 198 valence electrons. The predicted octanol–water partition coefficient (Wildman–Crippen LogP) is 3.45. The molecule has 0 amide bonds. The van der Waals surface area contributed by atoms with Gasteiger partial charge in [0.2, 0.25) is 0 Å². The molecule has 0 spiro atoms. The highest BCUT2D eigenvalue weighted by molar-refractivity contribution is 5.94. The normalized spacial score (nSPS) is 10.5. The van der Waals surface area contributed by atoms with Crippen LogP contribution in [0.15, 0.2) is 36.4 Å². The maximum absolute atomic E-state index is 12.0. The average molecular weight is 531 g/mol. The molecule has 3 aromatic carbocycles. The molecule has 12 heteroatoms. The zero-order valence-electron chi connectivity index (χ0n) is 20.8. The van der Waals surface area contributed by atoms with Gasteiger partial charge in [0, 0.05) is 16.7 Å². The van der Waals surface area contributed by atoms with Gasteiger partial charge in [0.1, 0.15) is 0 Å². The second-order valence-corrected chi connectivity index (χ2v) is 7.91. The van der Waals surface area contributed by atoms with E-state index >= 15 is 0 Å². The van der Waals surface area contributed by atoms with Gasteiger partial charge in [-0.2, -0.15) is 0 Å². The largest absolute Gasteiger partial charge is 0.504 e. The molecular weight excluding hydrogens is 510 g/mol. The lowest BCUT2D eigenvalue weighted by atomic mass is 10.0. The van der Waals surface area contributed by atoms with E-state index in [-0.39, 0.29) is 85.4 Å². The molecule has 12 nitrogen and oxygen atoms in total. The summed E-state index contributed by atoms with van der Waals surface area (Å²) < 4.78 is 16.0. The third kappa shape index (κ3) is 4.55. The number of aromatic hydroxyl groups is 3. The highest BCUT2D eigenvalue weighted by Gasteiger charge is 2.27. The van der Waals surface area contributed by atoms with Crippen molar-refractivity contribution in [3.05, 3.63) is 53.1 Å². The molecule has 0 radical (unpaired) electrons. The van der Waals surface area contributed by atoms with Crippen LogP contribution in [0.5, 0.6) is 34.5 Å². The van der Waals surface area contributed by atoms with E-state index in [1.807, 2.05) is 0 Å². The highest BCUT2D eigenvalue weighted by atomic mass is 16.5. The summed E-state index contributed by atoms with van der Waals surface area (Å²) in [7, 11) is 3.80. The van der Waals surface area contributed by atoms with Crippen LogP contribution in [-0.4, -0.2) is 70.5 Å². The summed E-state index contributed by atoms with van der Waals surface area (Å²) in [4.78, 5) is 49.2. The van der Waals surface area contributed by atoms with Crippen LogP contribution in [0.1, 0.15) is 31.1 Å². The van der Waals surface area contributed by atoms with Crippen molar-refractivity contribution in [2.24, 2.45) is 0 Å². The zero-order chi connectivity index (χ0) is 28.3. The SMILES string of the molecule is COc1c(O)ccc(C=O)c1-c1nc(-c2c(C=O)ccc(O)c2OC)nc(-c2c(C=O)ccc(O)c2OC)n1. The van der Waals surface area contributed by atoms with Crippen LogP contribution in [-0.2, 0) is 0 Å². The standard InChI is InChI=1S/C27H21N3O9/c1-37-22-16(34)7-4-13(10-31)19(22)25-28-26(20-14(11-32)5-8-17(35)23(20)38-2)30-27(29-25)21-15(12-33)6-9-18(36)24(21)39-3/h4-12,34-36H,1-3H3. The van der Waals surface area contributed by atoms with Gasteiger partial charge in [0.25, 0.3) is 0 Å². The lowest BCUT2D eigenvalue weighted by molar-refractivity contribution is 0.111. The maximum Gasteiger partial charge on any atom is 0.172 e. The molecule has 3 N–H and O–H groups in total.